The summed E-state index contributed by atoms with van der Waals surface area (Å²) in [5.74, 6) is 0. The average Bonchev–Trinajstić information content (AvgIpc) is 2.78. The summed E-state index contributed by atoms with van der Waals surface area (Å²) >= 11 is 6.36. The van der Waals surface area contributed by atoms with E-state index in [2.05, 4.69) is 54.6 Å². The van der Waals surface area contributed by atoms with Gasteiger partial charge in [-0.2, -0.15) is 5.10 Å². The summed E-state index contributed by atoms with van der Waals surface area (Å²) < 4.78 is 1.89. The lowest BCUT2D eigenvalue weighted by atomic mass is 10.1. The van der Waals surface area contributed by atoms with Crippen molar-refractivity contribution in [3.8, 4) is 0 Å². The zero-order valence-corrected chi connectivity index (χ0v) is 13.8. The van der Waals surface area contributed by atoms with Crippen LogP contribution in [0.15, 0.2) is 30.3 Å². The number of rotatable bonds is 7. The Morgan fingerprint density at radius 3 is 2.62 bits per heavy atom. The molecule has 0 amide bonds. The summed E-state index contributed by atoms with van der Waals surface area (Å²) in [7, 11) is 1.96. The van der Waals surface area contributed by atoms with Crippen molar-refractivity contribution < 1.29 is 0 Å². The molecule has 2 rings (SSSR count). The standard InChI is InChI=1S/C17H24ClN3/c1-4-15-17(18)16(21(3)20-15)12-19-13(2)10-11-14-8-6-5-7-9-14/h5-9,13,19H,4,10-12H2,1-3H3. The average molecular weight is 306 g/mol. The van der Waals surface area contributed by atoms with Gasteiger partial charge >= 0.3 is 0 Å². The van der Waals surface area contributed by atoms with E-state index < -0.39 is 0 Å². The van der Waals surface area contributed by atoms with Crippen LogP contribution in [0, 0.1) is 0 Å². The molecule has 21 heavy (non-hydrogen) atoms. The number of hydrogen-bond donors (Lipinski definition) is 1. The second-order valence-corrected chi connectivity index (χ2v) is 5.87. The topological polar surface area (TPSA) is 29.9 Å². The summed E-state index contributed by atoms with van der Waals surface area (Å²) in [6.07, 6.45) is 3.07. The van der Waals surface area contributed by atoms with Gasteiger partial charge < -0.3 is 5.32 Å². The normalized spacial score (nSPS) is 12.6. The summed E-state index contributed by atoms with van der Waals surface area (Å²) in [4.78, 5) is 0. The number of aryl methyl sites for hydroxylation is 3. The molecule has 1 aromatic carbocycles. The first kappa shape index (κ1) is 16.1. The maximum atomic E-state index is 6.36. The van der Waals surface area contributed by atoms with Crippen molar-refractivity contribution in [1.82, 2.24) is 15.1 Å². The summed E-state index contributed by atoms with van der Waals surface area (Å²) in [5.41, 5.74) is 3.44. The maximum absolute atomic E-state index is 6.36. The number of nitrogens with zero attached hydrogens (tertiary/aromatic N) is 2. The smallest absolute Gasteiger partial charge is 0.0863 e. The van der Waals surface area contributed by atoms with Crippen molar-refractivity contribution in [2.24, 2.45) is 7.05 Å². The predicted octanol–water partition coefficient (Wildman–Crippen LogP) is 3.75. The van der Waals surface area contributed by atoms with Crippen LogP contribution in [-0.2, 0) is 26.4 Å². The molecule has 4 heteroatoms. The van der Waals surface area contributed by atoms with Crippen molar-refractivity contribution in [1.29, 1.82) is 0 Å². The molecule has 0 saturated carbocycles. The van der Waals surface area contributed by atoms with Crippen molar-refractivity contribution >= 4 is 11.6 Å². The molecule has 0 saturated heterocycles. The molecule has 0 bridgehead atoms. The van der Waals surface area contributed by atoms with Crippen LogP contribution < -0.4 is 5.32 Å². The summed E-state index contributed by atoms with van der Waals surface area (Å²) in [6, 6.07) is 11.0. The van der Waals surface area contributed by atoms with Crippen LogP contribution in [0.2, 0.25) is 5.02 Å². The Hall–Kier alpha value is -1.32. The van der Waals surface area contributed by atoms with E-state index in [-0.39, 0.29) is 0 Å². The molecule has 1 aromatic heterocycles. The minimum absolute atomic E-state index is 0.446. The lowest BCUT2D eigenvalue weighted by Gasteiger charge is -2.14. The molecule has 0 aliphatic heterocycles. The van der Waals surface area contributed by atoms with Crippen molar-refractivity contribution in [2.45, 2.75) is 45.7 Å². The van der Waals surface area contributed by atoms with Crippen LogP contribution in [0.5, 0.6) is 0 Å². The Kier molecular flexibility index (Phi) is 5.83. The van der Waals surface area contributed by atoms with Gasteiger partial charge in [-0.1, -0.05) is 48.9 Å². The van der Waals surface area contributed by atoms with Gasteiger partial charge in [0.25, 0.3) is 0 Å². The number of benzene rings is 1. The SMILES string of the molecule is CCc1nn(C)c(CNC(C)CCc2ccccc2)c1Cl. The van der Waals surface area contributed by atoms with E-state index in [9.17, 15) is 0 Å². The Morgan fingerprint density at radius 1 is 1.29 bits per heavy atom. The fourth-order valence-corrected chi connectivity index (χ4v) is 2.77. The highest BCUT2D eigenvalue weighted by Gasteiger charge is 2.13. The van der Waals surface area contributed by atoms with Crippen LogP contribution in [-0.4, -0.2) is 15.8 Å². The highest BCUT2D eigenvalue weighted by atomic mass is 35.5. The molecule has 1 heterocycles. The van der Waals surface area contributed by atoms with Crippen LogP contribution >= 0.6 is 11.6 Å². The minimum Gasteiger partial charge on any atom is -0.309 e. The molecular weight excluding hydrogens is 282 g/mol. The van der Waals surface area contributed by atoms with E-state index in [1.54, 1.807) is 0 Å². The second-order valence-electron chi connectivity index (χ2n) is 5.49. The third-order valence-corrected chi connectivity index (χ3v) is 4.27. The molecule has 0 aliphatic carbocycles. The second kappa shape index (κ2) is 7.62. The van der Waals surface area contributed by atoms with Gasteiger partial charge in [0, 0.05) is 19.6 Å². The van der Waals surface area contributed by atoms with Gasteiger partial charge in [-0.05, 0) is 31.7 Å². The van der Waals surface area contributed by atoms with Gasteiger partial charge in [0.2, 0.25) is 0 Å². The van der Waals surface area contributed by atoms with Crippen LogP contribution in [0.1, 0.15) is 37.2 Å². The summed E-state index contributed by atoms with van der Waals surface area (Å²) in [6.45, 7) is 5.06. The summed E-state index contributed by atoms with van der Waals surface area (Å²) in [5, 5.41) is 8.80. The Balaban J connectivity index is 1.84. The first-order valence-corrected chi connectivity index (χ1v) is 7.97. The van der Waals surface area contributed by atoms with E-state index in [1.807, 2.05) is 11.7 Å². The van der Waals surface area contributed by atoms with Gasteiger partial charge in [0.1, 0.15) is 0 Å². The Morgan fingerprint density at radius 2 is 2.00 bits per heavy atom. The maximum Gasteiger partial charge on any atom is 0.0863 e. The lowest BCUT2D eigenvalue weighted by molar-refractivity contribution is 0.499. The van der Waals surface area contributed by atoms with Gasteiger partial charge in [-0.3, -0.25) is 4.68 Å². The van der Waals surface area contributed by atoms with Gasteiger partial charge in [-0.25, -0.2) is 0 Å². The zero-order valence-electron chi connectivity index (χ0n) is 13.1. The lowest BCUT2D eigenvalue weighted by Crippen LogP contribution is -2.27. The van der Waals surface area contributed by atoms with E-state index in [1.165, 1.54) is 5.56 Å². The minimum atomic E-state index is 0.446. The molecule has 0 spiro atoms. The fourth-order valence-electron chi connectivity index (χ4n) is 2.41. The number of aromatic nitrogens is 2. The largest absolute Gasteiger partial charge is 0.309 e. The molecule has 0 aliphatic rings. The van der Waals surface area contributed by atoms with Crippen molar-refractivity contribution in [3.63, 3.8) is 0 Å². The number of halogens is 1. The molecule has 1 unspecified atom stereocenters. The highest BCUT2D eigenvalue weighted by Crippen LogP contribution is 2.20. The molecular formula is C17H24ClN3. The van der Waals surface area contributed by atoms with Crippen LogP contribution in [0.25, 0.3) is 0 Å². The molecule has 0 radical (unpaired) electrons. The Bertz CT molecular complexity index is 563. The van der Waals surface area contributed by atoms with E-state index in [4.69, 9.17) is 11.6 Å². The molecule has 0 fully saturated rings. The van der Waals surface area contributed by atoms with Crippen molar-refractivity contribution in [3.05, 3.63) is 52.3 Å². The Labute approximate surface area is 132 Å². The third kappa shape index (κ3) is 4.32. The molecule has 114 valence electrons. The van der Waals surface area contributed by atoms with E-state index in [0.29, 0.717) is 6.04 Å². The quantitative estimate of drug-likeness (QED) is 0.844. The predicted molar refractivity (Wildman–Crippen MR) is 88.7 cm³/mol. The first-order valence-electron chi connectivity index (χ1n) is 7.59. The number of nitrogens with one attached hydrogen (secondary N) is 1. The molecule has 1 N–H and O–H groups in total. The highest BCUT2D eigenvalue weighted by molar-refractivity contribution is 6.31. The first-order chi connectivity index (χ1) is 10.1. The molecule has 1 atom stereocenters. The fraction of sp³-hybridized carbons (Fsp3) is 0.471. The van der Waals surface area contributed by atoms with Gasteiger partial charge in [0.05, 0.1) is 16.4 Å². The zero-order chi connectivity index (χ0) is 15.2. The van der Waals surface area contributed by atoms with Crippen molar-refractivity contribution in [2.75, 3.05) is 0 Å². The molecule has 3 nitrogen and oxygen atoms in total. The van der Waals surface area contributed by atoms with E-state index >= 15 is 0 Å². The van der Waals surface area contributed by atoms with Gasteiger partial charge in [-0.15, -0.1) is 0 Å². The third-order valence-electron chi connectivity index (χ3n) is 3.83. The van der Waals surface area contributed by atoms with Crippen LogP contribution in [0.4, 0.5) is 0 Å². The molecule has 2 aromatic rings. The monoisotopic (exact) mass is 305 g/mol. The van der Waals surface area contributed by atoms with Crippen LogP contribution in [0.3, 0.4) is 0 Å². The van der Waals surface area contributed by atoms with Gasteiger partial charge in [0.15, 0.2) is 0 Å². The number of hydrogen-bond acceptors (Lipinski definition) is 2. The van der Waals surface area contributed by atoms with E-state index in [0.717, 1.165) is 42.2 Å².